The molecule has 0 radical (unpaired) electrons. The lowest BCUT2D eigenvalue weighted by Gasteiger charge is -2.30. The van der Waals surface area contributed by atoms with Crippen molar-refractivity contribution in [3.8, 4) is 12.3 Å². The van der Waals surface area contributed by atoms with Gasteiger partial charge in [0.1, 0.15) is 12.2 Å². The number of hydrogen-bond acceptors (Lipinski definition) is 4. The normalized spacial score (nSPS) is 20.8. The molecular formula is C36H37NO3. The molecule has 1 aliphatic heterocycles. The maximum Gasteiger partial charge on any atom is 0.103 e. The van der Waals surface area contributed by atoms with Crippen LogP contribution in [0.15, 0.2) is 121 Å². The molecule has 4 atom stereocenters. The summed E-state index contributed by atoms with van der Waals surface area (Å²) in [5, 5.41) is 0. The van der Waals surface area contributed by atoms with Gasteiger partial charge in [-0.2, -0.15) is 0 Å². The average Bonchev–Trinajstić information content (AvgIpc) is 3.28. The number of likely N-dealkylation sites (tertiary alicyclic amines) is 1. The molecule has 1 aliphatic rings. The molecule has 0 amide bonds. The first-order chi connectivity index (χ1) is 19.8. The molecule has 1 heterocycles. The molecular weight excluding hydrogens is 494 g/mol. The van der Waals surface area contributed by atoms with Gasteiger partial charge in [0, 0.05) is 13.0 Å². The molecule has 204 valence electrons. The molecule has 1 fully saturated rings. The highest BCUT2D eigenvalue weighted by molar-refractivity contribution is 5.19. The standard InChI is InChI=1S/C36H37NO3/c1-2-15-33-35(39-26-31-20-11-5-12-21-31)36(40-27-32-22-13-6-14-23-32)34(28-38-25-30-18-9-4-10-19-30)37(33)24-29-16-7-3-8-17-29/h1,3-14,16-23,33-36H,15,24-28H2/t33-,34+,35+,36+/m1/s1. The molecule has 0 N–H and O–H groups in total. The van der Waals surface area contributed by atoms with E-state index in [9.17, 15) is 0 Å². The Hall–Kier alpha value is -3.72. The minimum atomic E-state index is -0.221. The molecule has 4 heteroatoms. The highest BCUT2D eigenvalue weighted by Crippen LogP contribution is 2.35. The molecule has 0 aliphatic carbocycles. The molecule has 0 aromatic heterocycles. The lowest BCUT2D eigenvalue weighted by Crippen LogP contribution is -2.42. The molecule has 0 spiro atoms. The van der Waals surface area contributed by atoms with Crippen LogP contribution in [0.3, 0.4) is 0 Å². The van der Waals surface area contributed by atoms with Crippen LogP contribution in [0.5, 0.6) is 0 Å². The van der Waals surface area contributed by atoms with E-state index >= 15 is 0 Å². The minimum absolute atomic E-state index is 0.0139. The van der Waals surface area contributed by atoms with Crippen molar-refractivity contribution in [2.75, 3.05) is 6.61 Å². The Balaban J connectivity index is 1.43. The van der Waals surface area contributed by atoms with E-state index < -0.39 is 0 Å². The van der Waals surface area contributed by atoms with E-state index in [2.05, 4.69) is 71.5 Å². The molecule has 0 bridgehead atoms. The summed E-state index contributed by atoms with van der Waals surface area (Å²) in [5.74, 6) is 2.93. The number of benzene rings is 4. The first kappa shape index (κ1) is 27.8. The van der Waals surface area contributed by atoms with Crippen molar-refractivity contribution in [2.24, 2.45) is 0 Å². The number of rotatable bonds is 13. The molecule has 4 aromatic carbocycles. The van der Waals surface area contributed by atoms with Crippen LogP contribution in [-0.2, 0) is 40.6 Å². The van der Waals surface area contributed by atoms with Gasteiger partial charge in [-0.15, -0.1) is 12.3 Å². The first-order valence-corrected chi connectivity index (χ1v) is 14.0. The zero-order valence-electron chi connectivity index (χ0n) is 22.8. The molecule has 0 saturated carbocycles. The Morgan fingerprint density at radius 1 is 0.550 bits per heavy atom. The fourth-order valence-electron chi connectivity index (χ4n) is 5.45. The van der Waals surface area contributed by atoms with Crippen molar-refractivity contribution in [3.63, 3.8) is 0 Å². The summed E-state index contributed by atoms with van der Waals surface area (Å²) in [5.41, 5.74) is 4.63. The van der Waals surface area contributed by atoms with Gasteiger partial charge < -0.3 is 14.2 Å². The summed E-state index contributed by atoms with van der Waals surface area (Å²) in [4.78, 5) is 2.45. The average molecular weight is 532 g/mol. The second kappa shape index (κ2) is 14.6. The van der Waals surface area contributed by atoms with E-state index in [1.165, 1.54) is 5.56 Å². The third-order valence-corrected chi connectivity index (χ3v) is 7.44. The van der Waals surface area contributed by atoms with Crippen LogP contribution in [0.25, 0.3) is 0 Å². The van der Waals surface area contributed by atoms with Gasteiger partial charge >= 0.3 is 0 Å². The second-order valence-corrected chi connectivity index (χ2v) is 10.2. The summed E-state index contributed by atoms with van der Waals surface area (Å²) in [7, 11) is 0. The molecule has 4 nitrogen and oxygen atoms in total. The van der Waals surface area contributed by atoms with Crippen LogP contribution in [-0.4, -0.2) is 35.8 Å². The third-order valence-electron chi connectivity index (χ3n) is 7.44. The smallest absolute Gasteiger partial charge is 0.103 e. The van der Waals surface area contributed by atoms with Crippen LogP contribution in [0.4, 0.5) is 0 Å². The summed E-state index contributed by atoms with van der Waals surface area (Å²) < 4.78 is 19.8. The van der Waals surface area contributed by atoms with Gasteiger partial charge in [0.15, 0.2) is 0 Å². The summed E-state index contributed by atoms with van der Waals surface area (Å²) >= 11 is 0. The molecule has 4 aromatic rings. The zero-order chi connectivity index (χ0) is 27.4. The van der Waals surface area contributed by atoms with E-state index in [1.54, 1.807) is 0 Å². The predicted molar refractivity (Wildman–Crippen MR) is 159 cm³/mol. The van der Waals surface area contributed by atoms with Crippen molar-refractivity contribution < 1.29 is 14.2 Å². The Bertz CT molecular complexity index is 1310. The highest BCUT2D eigenvalue weighted by Gasteiger charge is 2.50. The molecule has 0 unspecified atom stereocenters. The fourth-order valence-corrected chi connectivity index (χ4v) is 5.45. The van der Waals surface area contributed by atoms with Crippen molar-refractivity contribution in [3.05, 3.63) is 144 Å². The number of terminal acetylenes is 1. The Kier molecular flexibility index (Phi) is 10.2. The van der Waals surface area contributed by atoms with Crippen LogP contribution < -0.4 is 0 Å². The van der Waals surface area contributed by atoms with Crippen molar-refractivity contribution >= 4 is 0 Å². The van der Waals surface area contributed by atoms with E-state index in [4.69, 9.17) is 20.6 Å². The topological polar surface area (TPSA) is 30.9 Å². The highest BCUT2D eigenvalue weighted by atomic mass is 16.5. The third kappa shape index (κ3) is 7.47. The predicted octanol–water partition coefficient (Wildman–Crippen LogP) is 6.65. The number of nitrogens with zero attached hydrogens (tertiary/aromatic N) is 1. The molecule has 5 rings (SSSR count). The van der Waals surface area contributed by atoms with Gasteiger partial charge in [-0.1, -0.05) is 121 Å². The summed E-state index contributed by atoms with van der Waals surface area (Å²) in [6.07, 6.45) is 6.09. The van der Waals surface area contributed by atoms with Gasteiger partial charge in [0.2, 0.25) is 0 Å². The minimum Gasteiger partial charge on any atom is -0.375 e. The molecule has 1 saturated heterocycles. The van der Waals surface area contributed by atoms with Crippen molar-refractivity contribution in [2.45, 2.75) is 57.1 Å². The largest absolute Gasteiger partial charge is 0.375 e. The SMILES string of the molecule is C#CC[C@@H]1[C@H](OCc2ccccc2)[C@@H](OCc2ccccc2)[C@H](COCc2ccccc2)N1Cc1ccccc1. The van der Waals surface area contributed by atoms with E-state index in [0.29, 0.717) is 32.8 Å². The van der Waals surface area contributed by atoms with E-state index in [0.717, 1.165) is 23.2 Å². The Morgan fingerprint density at radius 2 is 0.975 bits per heavy atom. The summed E-state index contributed by atoms with van der Waals surface area (Å²) in [6.45, 7) is 2.77. The second-order valence-electron chi connectivity index (χ2n) is 10.2. The zero-order valence-corrected chi connectivity index (χ0v) is 22.8. The van der Waals surface area contributed by atoms with Gasteiger partial charge in [-0.25, -0.2) is 0 Å². The quantitative estimate of drug-likeness (QED) is 0.181. The van der Waals surface area contributed by atoms with Crippen LogP contribution in [0.2, 0.25) is 0 Å². The molecule has 40 heavy (non-hydrogen) atoms. The Morgan fingerprint density at radius 3 is 1.45 bits per heavy atom. The van der Waals surface area contributed by atoms with Gasteiger partial charge in [0.05, 0.1) is 38.5 Å². The first-order valence-electron chi connectivity index (χ1n) is 14.0. The fraction of sp³-hybridized carbons (Fsp3) is 0.278. The van der Waals surface area contributed by atoms with Crippen molar-refractivity contribution in [1.82, 2.24) is 4.90 Å². The van der Waals surface area contributed by atoms with Crippen LogP contribution in [0, 0.1) is 12.3 Å². The lowest BCUT2D eigenvalue weighted by atomic mass is 10.0. The summed E-state index contributed by atoms with van der Waals surface area (Å²) in [6, 6.07) is 41.3. The van der Waals surface area contributed by atoms with Crippen LogP contribution in [0.1, 0.15) is 28.7 Å². The maximum absolute atomic E-state index is 6.73. The monoisotopic (exact) mass is 531 g/mol. The van der Waals surface area contributed by atoms with E-state index in [1.807, 2.05) is 60.7 Å². The van der Waals surface area contributed by atoms with E-state index in [-0.39, 0.29) is 24.3 Å². The van der Waals surface area contributed by atoms with Crippen molar-refractivity contribution in [1.29, 1.82) is 0 Å². The van der Waals surface area contributed by atoms with Gasteiger partial charge in [-0.3, -0.25) is 4.90 Å². The maximum atomic E-state index is 6.73. The lowest BCUT2D eigenvalue weighted by molar-refractivity contribution is -0.0862. The van der Waals surface area contributed by atoms with Gasteiger partial charge in [0.25, 0.3) is 0 Å². The number of hydrogen-bond donors (Lipinski definition) is 0. The van der Waals surface area contributed by atoms with Crippen LogP contribution >= 0.6 is 0 Å². The number of ether oxygens (including phenoxy) is 3. The Labute approximate surface area is 238 Å². The van der Waals surface area contributed by atoms with Gasteiger partial charge in [-0.05, 0) is 22.3 Å².